The molecule has 16 heteroatoms. The van der Waals surface area contributed by atoms with Gasteiger partial charge in [-0.15, -0.1) is 11.3 Å². The van der Waals surface area contributed by atoms with Crippen molar-refractivity contribution >= 4 is 68.1 Å². The lowest BCUT2D eigenvalue weighted by Crippen LogP contribution is -2.44. The van der Waals surface area contributed by atoms with Crippen LogP contribution in [0.2, 0.25) is 10.0 Å². The number of nitrogens with one attached hydrogen (secondary N) is 3. The number of pyridine rings is 2. The molecule has 3 aliphatic rings. The zero-order valence-corrected chi connectivity index (χ0v) is 32.7. The van der Waals surface area contributed by atoms with E-state index in [1.807, 2.05) is 30.3 Å². The minimum atomic E-state index is -3.09. The number of carboxylic acid groups (broad SMARTS) is 1. The fourth-order valence-electron chi connectivity index (χ4n) is 8.26. The Morgan fingerprint density at radius 3 is 2.50 bits per heavy atom. The number of carbonyl (C=O) groups is 2. The first kappa shape index (κ1) is 38.4. The number of anilines is 2. The molecule has 292 valence electrons. The molecule has 3 saturated heterocycles. The Labute approximate surface area is 335 Å². The van der Waals surface area contributed by atoms with Crippen molar-refractivity contribution < 1.29 is 28.2 Å². The van der Waals surface area contributed by atoms with Gasteiger partial charge in [0.1, 0.15) is 10.5 Å². The molecule has 0 saturated carbocycles. The zero-order valence-electron chi connectivity index (χ0n) is 30.3. The summed E-state index contributed by atoms with van der Waals surface area (Å²) in [6, 6.07) is 15.1. The lowest BCUT2D eigenvalue weighted by atomic mass is 9.91. The highest BCUT2D eigenvalue weighted by Crippen LogP contribution is 2.44. The quantitative estimate of drug-likeness (QED) is 0.0913. The predicted molar refractivity (Wildman–Crippen MR) is 213 cm³/mol. The van der Waals surface area contributed by atoms with Crippen molar-refractivity contribution in [3.05, 3.63) is 80.9 Å². The van der Waals surface area contributed by atoms with E-state index in [0.717, 1.165) is 22.5 Å². The molecule has 0 radical (unpaired) electrons. The van der Waals surface area contributed by atoms with E-state index in [9.17, 15) is 23.5 Å². The summed E-state index contributed by atoms with van der Waals surface area (Å²) in [5.41, 5.74) is 4.58. The Hall–Kier alpha value is -4.47. The van der Waals surface area contributed by atoms with Crippen LogP contribution < -0.4 is 20.7 Å². The average molecular weight is 823 g/mol. The van der Waals surface area contributed by atoms with Gasteiger partial charge in [0.15, 0.2) is 5.82 Å². The largest absolute Gasteiger partial charge is 0.481 e. The maximum absolute atomic E-state index is 13.6. The molecule has 0 spiro atoms. The molecule has 3 aliphatic heterocycles. The molecule has 6 heterocycles. The summed E-state index contributed by atoms with van der Waals surface area (Å²) >= 11 is 15.8. The average Bonchev–Trinajstić information content (AvgIpc) is 3.84. The number of carboxylic acids is 1. The van der Waals surface area contributed by atoms with Gasteiger partial charge in [0.2, 0.25) is 11.8 Å². The van der Waals surface area contributed by atoms with Gasteiger partial charge in [-0.2, -0.15) is 8.78 Å². The second-order valence-corrected chi connectivity index (χ2v) is 16.4. The maximum Gasteiger partial charge on any atom is 0.388 e. The number of nitrogens with zero attached hydrogens (tertiary/aromatic N) is 4. The van der Waals surface area contributed by atoms with E-state index in [1.165, 1.54) is 0 Å². The van der Waals surface area contributed by atoms with Crippen LogP contribution in [0.4, 0.5) is 20.3 Å². The zero-order chi connectivity index (χ0) is 39.1. The number of aromatic nitrogens is 3. The minimum absolute atomic E-state index is 0.000453. The highest BCUT2D eigenvalue weighted by molar-refractivity contribution is 7.18. The second kappa shape index (κ2) is 16.2. The summed E-state index contributed by atoms with van der Waals surface area (Å²) < 4.78 is 33.1. The van der Waals surface area contributed by atoms with Crippen LogP contribution in [0, 0.1) is 12.8 Å². The van der Waals surface area contributed by atoms with E-state index in [2.05, 4.69) is 30.8 Å². The van der Waals surface area contributed by atoms with Crippen LogP contribution in [-0.4, -0.2) is 68.1 Å². The number of hydrogen-bond donors (Lipinski definition) is 4. The van der Waals surface area contributed by atoms with Crippen LogP contribution in [0.3, 0.4) is 0 Å². The molecule has 56 heavy (non-hydrogen) atoms. The van der Waals surface area contributed by atoms with Crippen molar-refractivity contribution in [1.82, 2.24) is 30.5 Å². The van der Waals surface area contributed by atoms with Crippen molar-refractivity contribution in [2.75, 3.05) is 11.9 Å². The number of thiazole rings is 1. The molecular formula is C40H39Cl2F2N7O4S. The first-order valence-electron chi connectivity index (χ1n) is 18.6. The van der Waals surface area contributed by atoms with E-state index < -0.39 is 12.6 Å². The summed E-state index contributed by atoms with van der Waals surface area (Å²) in [6.45, 7) is 0.0780. The number of aliphatic carboxylic acids is 1. The van der Waals surface area contributed by atoms with Gasteiger partial charge in [-0.05, 0) is 62.8 Å². The number of rotatable bonds is 13. The fraction of sp³-hybridized carbons (Fsp3) is 0.375. The summed E-state index contributed by atoms with van der Waals surface area (Å²) in [6.07, 6.45) is 6.26. The molecule has 2 aromatic carbocycles. The SMILES string of the molecule is Cc1cc(-c2cccc(-c3cccc(Nc4nccc5sc(CN6C7CCC6CC(C(=O)O)C7)nc45)c3Cl)c2Cl)nc(OC(F)F)c1CNC[C@@H]1CCC(=O)N1. The van der Waals surface area contributed by atoms with Crippen LogP contribution in [0.15, 0.2) is 54.7 Å². The molecule has 0 aliphatic carbocycles. The van der Waals surface area contributed by atoms with E-state index in [0.29, 0.717) is 99.4 Å². The van der Waals surface area contributed by atoms with Crippen LogP contribution in [0.5, 0.6) is 5.88 Å². The van der Waals surface area contributed by atoms with Gasteiger partial charge in [0.25, 0.3) is 0 Å². The number of hydrogen-bond acceptors (Lipinski definition) is 10. The number of amides is 1. The number of aryl methyl sites for hydroxylation is 1. The smallest absolute Gasteiger partial charge is 0.388 e. The number of ether oxygens (including phenoxy) is 1. The number of piperidine rings is 1. The molecule has 5 aromatic rings. The monoisotopic (exact) mass is 821 g/mol. The first-order valence-corrected chi connectivity index (χ1v) is 20.1. The highest BCUT2D eigenvalue weighted by Gasteiger charge is 2.43. The lowest BCUT2D eigenvalue weighted by molar-refractivity contribution is -0.144. The number of benzene rings is 2. The first-order chi connectivity index (χ1) is 27.0. The Morgan fingerprint density at radius 2 is 1.79 bits per heavy atom. The molecule has 8 rings (SSSR count). The molecule has 4 N–H and O–H groups in total. The number of carbonyl (C=O) groups excluding carboxylic acids is 1. The van der Waals surface area contributed by atoms with Crippen LogP contribution in [0.25, 0.3) is 32.6 Å². The third kappa shape index (κ3) is 7.90. The summed E-state index contributed by atoms with van der Waals surface area (Å²) in [5.74, 6) is -0.638. The summed E-state index contributed by atoms with van der Waals surface area (Å²) in [4.78, 5) is 39.8. The Bertz CT molecular complexity index is 2300. The van der Waals surface area contributed by atoms with Crippen LogP contribution >= 0.6 is 34.5 Å². The predicted octanol–water partition coefficient (Wildman–Crippen LogP) is 8.58. The van der Waals surface area contributed by atoms with Crippen LogP contribution in [0.1, 0.15) is 54.7 Å². The summed E-state index contributed by atoms with van der Waals surface area (Å²) in [7, 11) is 0. The third-order valence-electron chi connectivity index (χ3n) is 11.0. The van der Waals surface area contributed by atoms with E-state index in [4.69, 9.17) is 32.9 Å². The van der Waals surface area contributed by atoms with E-state index >= 15 is 0 Å². The fourth-order valence-corrected chi connectivity index (χ4v) is 9.83. The lowest BCUT2D eigenvalue weighted by Gasteiger charge is -2.36. The van der Waals surface area contributed by atoms with Gasteiger partial charge in [0.05, 0.1) is 38.6 Å². The topological polar surface area (TPSA) is 142 Å². The van der Waals surface area contributed by atoms with E-state index in [-0.39, 0.29) is 42.4 Å². The van der Waals surface area contributed by atoms with Crippen molar-refractivity contribution in [2.45, 2.75) is 83.3 Å². The van der Waals surface area contributed by atoms with Crippen molar-refractivity contribution in [3.8, 4) is 28.3 Å². The number of fused-ring (bicyclic) bond motifs is 3. The Kier molecular flexibility index (Phi) is 11.1. The maximum atomic E-state index is 13.6. The van der Waals surface area contributed by atoms with Crippen molar-refractivity contribution in [2.24, 2.45) is 5.92 Å². The number of halogens is 4. The molecule has 3 atom stereocenters. The van der Waals surface area contributed by atoms with Gasteiger partial charge in [-0.1, -0.05) is 53.5 Å². The molecule has 2 bridgehead atoms. The Balaban J connectivity index is 1.03. The van der Waals surface area contributed by atoms with E-state index in [1.54, 1.807) is 42.7 Å². The molecule has 3 fully saturated rings. The molecule has 2 unspecified atom stereocenters. The third-order valence-corrected chi connectivity index (χ3v) is 12.8. The van der Waals surface area contributed by atoms with Gasteiger partial charge < -0.3 is 25.8 Å². The van der Waals surface area contributed by atoms with Crippen LogP contribution in [-0.2, 0) is 22.7 Å². The van der Waals surface area contributed by atoms with Crippen molar-refractivity contribution in [3.63, 3.8) is 0 Å². The standard InChI is InChI=1S/C40H39Cl2F2N7O4S/c1-20-14-30(49-38(55-40(43)44)28(20)18-45-17-22-8-11-32(52)47-22)27-6-2-4-25(34(27)41)26-5-3-7-29(35(26)42)48-37-36-31(12-13-46-37)56-33(50-36)19-51-23-9-10-24(51)16-21(15-23)39(53)54/h2-7,12-14,21-24,40,45H,8-11,15-19H2,1H3,(H,46,48)(H,47,52)(H,53,54)/t21?,22-,23?,24?/m0/s1. The summed E-state index contributed by atoms with van der Waals surface area (Å²) in [5, 5.41) is 20.8. The minimum Gasteiger partial charge on any atom is -0.481 e. The van der Waals surface area contributed by atoms with Gasteiger partial charge in [-0.25, -0.2) is 15.0 Å². The second-order valence-electron chi connectivity index (χ2n) is 14.6. The van der Waals surface area contributed by atoms with Gasteiger partial charge in [0, 0.05) is 66.1 Å². The molecule has 11 nitrogen and oxygen atoms in total. The molecular weight excluding hydrogens is 783 g/mol. The molecule has 1 amide bonds. The Morgan fingerprint density at radius 1 is 1.05 bits per heavy atom. The number of alkyl halides is 2. The normalized spacial score (nSPS) is 20.9. The van der Waals surface area contributed by atoms with Gasteiger partial charge in [-0.3, -0.25) is 14.5 Å². The molecule has 3 aromatic heterocycles. The van der Waals surface area contributed by atoms with Crippen molar-refractivity contribution in [1.29, 1.82) is 0 Å². The highest BCUT2D eigenvalue weighted by atomic mass is 35.5. The van der Waals surface area contributed by atoms with Gasteiger partial charge >= 0.3 is 12.6 Å².